The number of nitrogens with zero attached hydrogens (tertiary/aromatic N) is 6. The smallest absolute Gasteiger partial charge is 0.254 e. The maximum Gasteiger partial charge on any atom is 0.254 e. The lowest BCUT2D eigenvalue weighted by Gasteiger charge is -2.29. The van der Waals surface area contributed by atoms with E-state index in [-0.39, 0.29) is 5.91 Å². The number of hydrogen-bond acceptors (Lipinski definition) is 6. The number of carbonyl (C=O) groups excluding carboxylic acids is 1. The summed E-state index contributed by atoms with van der Waals surface area (Å²) in [6.07, 6.45) is 0.874. The zero-order chi connectivity index (χ0) is 21.5. The molecular formula is C24H19N7O. The molecule has 3 heterocycles. The van der Waals surface area contributed by atoms with E-state index in [1.165, 1.54) is 11.1 Å². The van der Waals surface area contributed by atoms with Crippen LogP contribution in [0.1, 0.15) is 21.5 Å². The number of tetrazole rings is 1. The summed E-state index contributed by atoms with van der Waals surface area (Å²) in [4.78, 5) is 19.8. The van der Waals surface area contributed by atoms with Gasteiger partial charge >= 0.3 is 0 Å². The number of rotatable bonds is 3. The van der Waals surface area contributed by atoms with Crippen LogP contribution in [-0.4, -0.2) is 42.4 Å². The molecule has 0 fully saturated rings. The van der Waals surface area contributed by atoms with Crippen molar-refractivity contribution in [1.29, 1.82) is 0 Å². The maximum absolute atomic E-state index is 13.2. The molecule has 6 rings (SSSR count). The van der Waals surface area contributed by atoms with E-state index < -0.39 is 0 Å². The fraction of sp³-hybridized carbons (Fsp3) is 0.125. The van der Waals surface area contributed by atoms with E-state index in [0.29, 0.717) is 30.1 Å². The molecule has 1 N–H and O–H groups in total. The van der Waals surface area contributed by atoms with Crippen LogP contribution in [0.3, 0.4) is 0 Å². The predicted octanol–water partition coefficient (Wildman–Crippen LogP) is 3.61. The first-order valence-electron chi connectivity index (χ1n) is 10.5. The van der Waals surface area contributed by atoms with E-state index in [1.807, 2.05) is 65.6 Å². The van der Waals surface area contributed by atoms with E-state index in [2.05, 4.69) is 33.0 Å². The number of benzene rings is 3. The van der Waals surface area contributed by atoms with E-state index >= 15 is 0 Å². The SMILES string of the molecule is O=C(c1cccc(Nc2nc3ccccc3n3nnnc23)c1)N1CCc2ccccc2C1. The number of hydrogen-bond donors (Lipinski definition) is 1. The van der Waals surface area contributed by atoms with Crippen LogP contribution >= 0.6 is 0 Å². The molecule has 1 amide bonds. The summed E-state index contributed by atoms with van der Waals surface area (Å²) in [7, 11) is 0. The van der Waals surface area contributed by atoms with Crippen molar-refractivity contribution < 1.29 is 4.79 Å². The average Bonchev–Trinajstić information content (AvgIpc) is 3.34. The summed E-state index contributed by atoms with van der Waals surface area (Å²) < 4.78 is 1.66. The number of carbonyl (C=O) groups is 1. The van der Waals surface area contributed by atoms with Gasteiger partial charge in [-0.15, -0.1) is 5.10 Å². The highest BCUT2D eigenvalue weighted by Gasteiger charge is 2.22. The van der Waals surface area contributed by atoms with Crippen LogP contribution in [0.15, 0.2) is 72.8 Å². The number of aromatic nitrogens is 5. The molecule has 1 aliphatic rings. The van der Waals surface area contributed by atoms with Crippen LogP contribution in [-0.2, 0) is 13.0 Å². The molecule has 0 radical (unpaired) electrons. The van der Waals surface area contributed by atoms with Crippen molar-refractivity contribution in [3.8, 4) is 0 Å². The summed E-state index contributed by atoms with van der Waals surface area (Å²) in [5.41, 5.74) is 6.03. The Bertz CT molecular complexity index is 1480. The van der Waals surface area contributed by atoms with Gasteiger partial charge in [0.15, 0.2) is 5.82 Å². The van der Waals surface area contributed by atoms with Gasteiger partial charge in [-0.2, -0.15) is 4.52 Å². The second kappa shape index (κ2) is 7.42. The lowest BCUT2D eigenvalue weighted by atomic mass is 9.99. The van der Waals surface area contributed by atoms with Crippen molar-refractivity contribution in [1.82, 2.24) is 29.9 Å². The summed E-state index contributed by atoms with van der Waals surface area (Å²) in [6, 6.07) is 23.4. The fourth-order valence-corrected chi connectivity index (χ4v) is 4.21. The molecule has 0 saturated heterocycles. The van der Waals surface area contributed by atoms with Crippen LogP contribution in [0.4, 0.5) is 11.5 Å². The summed E-state index contributed by atoms with van der Waals surface area (Å²) in [5.74, 6) is 0.550. The number of anilines is 2. The summed E-state index contributed by atoms with van der Waals surface area (Å²) in [5, 5.41) is 15.3. The molecule has 8 nitrogen and oxygen atoms in total. The highest BCUT2D eigenvalue weighted by Crippen LogP contribution is 2.25. The molecule has 0 bridgehead atoms. The second-order valence-electron chi connectivity index (χ2n) is 7.81. The fourth-order valence-electron chi connectivity index (χ4n) is 4.21. The highest BCUT2D eigenvalue weighted by molar-refractivity contribution is 5.95. The minimum absolute atomic E-state index is 0.0175. The second-order valence-corrected chi connectivity index (χ2v) is 7.81. The first-order valence-corrected chi connectivity index (χ1v) is 10.5. The number of fused-ring (bicyclic) bond motifs is 4. The van der Waals surface area contributed by atoms with Gasteiger partial charge in [0.05, 0.1) is 11.0 Å². The quantitative estimate of drug-likeness (QED) is 0.479. The van der Waals surface area contributed by atoms with Crippen molar-refractivity contribution in [3.63, 3.8) is 0 Å². The third kappa shape index (κ3) is 3.13. The largest absolute Gasteiger partial charge is 0.337 e. The molecule has 0 unspecified atom stereocenters. The van der Waals surface area contributed by atoms with Gasteiger partial charge in [0.2, 0.25) is 5.65 Å². The molecule has 0 spiro atoms. The molecule has 156 valence electrons. The topological polar surface area (TPSA) is 88.3 Å². The Morgan fingerprint density at radius 3 is 2.72 bits per heavy atom. The first-order chi connectivity index (χ1) is 15.8. The third-order valence-electron chi connectivity index (χ3n) is 5.81. The van der Waals surface area contributed by atoms with Gasteiger partial charge < -0.3 is 10.2 Å². The number of amides is 1. The Kier molecular flexibility index (Phi) is 4.28. The van der Waals surface area contributed by atoms with Crippen LogP contribution < -0.4 is 5.32 Å². The Hall–Kier alpha value is -4.33. The Morgan fingerprint density at radius 2 is 1.78 bits per heavy atom. The van der Waals surface area contributed by atoms with Gasteiger partial charge in [-0.25, -0.2) is 4.98 Å². The van der Waals surface area contributed by atoms with Crippen molar-refractivity contribution in [2.45, 2.75) is 13.0 Å². The monoisotopic (exact) mass is 421 g/mol. The molecule has 8 heteroatoms. The van der Waals surface area contributed by atoms with Gasteiger partial charge in [-0.3, -0.25) is 4.79 Å². The van der Waals surface area contributed by atoms with Gasteiger partial charge in [-0.05, 0) is 58.3 Å². The van der Waals surface area contributed by atoms with E-state index in [9.17, 15) is 4.79 Å². The molecule has 2 aromatic heterocycles. The Morgan fingerprint density at radius 1 is 0.938 bits per heavy atom. The van der Waals surface area contributed by atoms with Gasteiger partial charge in [0, 0.05) is 24.3 Å². The first kappa shape index (κ1) is 18.4. The molecule has 0 aliphatic carbocycles. The lowest BCUT2D eigenvalue weighted by molar-refractivity contribution is 0.0735. The lowest BCUT2D eigenvalue weighted by Crippen LogP contribution is -2.35. The molecule has 32 heavy (non-hydrogen) atoms. The standard InChI is InChI=1S/C24H19N7O/c32-24(30-13-12-16-6-1-2-7-18(16)15-30)17-8-5-9-19(14-17)25-22-23-27-28-29-31(23)21-11-4-3-10-20(21)26-22/h1-11,14H,12-13,15H2,(H,25,26). The van der Waals surface area contributed by atoms with Crippen molar-refractivity contribution in [2.24, 2.45) is 0 Å². The van der Waals surface area contributed by atoms with Gasteiger partial charge in [0.1, 0.15) is 0 Å². The Labute approximate surface area is 183 Å². The molecular weight excluding hydrogens is 402 g/mol. The predicted molar refractivity (Wildman–Crippen MR) is 121 cm³/mol. The van der Waals surface area contributed by atoms with E-state index in [1.54, 1.807) is 4.52 Å². The minimum Gasteiger partial charge on any atom is -0.337 e. The van der Waals surface area contributed by atoms with Crippen LogP contribution in [0.25, 0.3) is 16.7 Å². The summed E-state index contributed by atoms with van der Waals surface area (Å²) in [6.45, 7) is 1.34. The molecule has 5 aromatic rings. The normalized spacial score (nSPS) is 13.3. The van der Waals surface area contributed by atoms with Crippen molar-refractivity contribution in [2.75, 3.05) is 11.9 Å². The van der Waals surface area contributed by atoms with Crippen LogP contribution in [0, 0.1) is 0 Å². The zero-order valence-electron chi connectivity index (χ0n) is 17.1. The molecule has 0 saturated carbocycles. The molecule has 3 aromatic carbocycles. The van der Waals surface area contributed by atoms with E-state index in [0.717, 1.165) is 23.1 Å². The van der Waals surface area contributed by atoms with Crippen molar-refractivity contribution in [3.05, 3.63) is 89.5 Å². The van der Waals surface area contributed by atoms with Gasteiger partial charge in [0.25, 0.3) is 5.91 Å². The minimum atomic E-state index is 0.0175. The highest BCUT2D eigenvalue weighted by atomic mass is 16.2. The van der Waals surface area contributed by atoms with Crippen LogP contribution in [0.5, 0.6) is 0 Å². The van der Waals surface area contributed by atoms with Gasteiger partial charge in [-0.1, -0.05) is 42.5 Å². The maximum atomic E-state index is 13.2. The zero-order valence-corrected chi connectivity index (χ0v) is 17.1. The summed E-state index contributed by atoms with van der Waals surface area (Å²) >= 11 is 0. The number of para-hydroxylation sites is 2. The van der Waals surface area contributed by atoms with E-state index in [4.69, 9.17) is 4.98 Å². The third-order valence-corrected chi connectivity index (χ3v) is 5.81. The Balaban J connectivity index is 1.30. The molecule has 0 atom stereocenters. The molecule has 1 aliphatic heterocycles. The average molecular weight is 421 g/mol. The number of nitrogens with one attached hydrogen (secondary N) is 1. The van der Waals surface area contributed by atoms with Crippen LogP contribution in [0.2, 0.25) is 0 Å². The van der Waals surface area contributed by atoms with Crippen molar-refractivity contribution >= 4 is 34.1 Å².